The molecule has 0 radical (unpaired) electrons. The maximum absolute atomic E-state index is 6.55. The molecule has 1 atom stereocenters. The van der Waals surface area contributed by atoms with Crippen LogP contribution < -0.4 is 10.5 Å². The summed E-state index contributed by atoms with van der Waals surface area (Å²) >= 11 is 6.24. The molecule has 21 heavy (non-hydrogen) atoms. The second-order valence-electron chi connectivity index (χ2n) is 6.17. The molecule has 0 bridgehead atoms. The van der Waals surface area contributed by atoms with E-state index in [1.807, 2.05) is 19.1 Å². The van der Waals surface area contributed by atoms with Crippen LogP contribution >= 0.6 is 11.6 Å². The third-order valence-electron chi connectivity index (χ3n) is 4.82. The first kappa shape index (κ1) is 15.1. The molecule has 1 aliphatic heterocycles. The minimum Gasteiger partial charge on any atom is -0.493 e. The van der Waals surface area contributed by atoms with Crippen LogP contribution in [0.25, 0.3) is 0 Å². The summed E-state index contributed by atoms with van der Waals surface area (Å²) in [6, 6.07) is 4.00. The van der Waals surface area contributed by atoms with Crippen LogP contribution in [0.5, 0.6) is 5.75 Å². The highest BCUT2D eigenvalue weighted by Gasteiger charge is 2.40. The van der Waals surface area contributed by atoms with Crippen molar-refractivity contribution in [2.75, 3.05) is 13.2 Å². The van der Waals surface area contributed by atoms with Gasteiger partial charge in [-0.2, -0.15) is 0 Å². The van der Waals surface area contributed by atoms with Gasteiger partial charge in [-0.1, -0.05) is 24.4 Å². The van der Waals surface area contributed by atoms with E-state index in [2.05, 4.69) is 0 Å². The molecule has 3 nitrogen and oxygen atoms in total. The average Bonchev–Trinajstić information content (AvgIpc) is 3.08. The van der Waals surface area contributed by atoms with Gasteiger partial charge in [0.15, 0.2) is 0 Å². The molecule has 2 aliphatic rings. The molecule has 1 fully saturated rings. The summed E-state index contributed by atoms with van der Waals surface area (Å²) in [4.78, 5) is 0. The Morgan fingerprint density at radius 3 is 2.86 bits per heavy atom. The topological polar surface area (TPSA) is 44.5 Å². The van der Waals surface area contributed by atoms with E-state index in [0.717, 1.165) is 55.2 Å². The van der Waals surface area contributed by atoms with Crippen LogP contribution in [0.3, 0.4) is 0 Å². The van der Waals surface area contributed by atoms with Gasteiger partial charge < -0.3 is 15.2 Å². The summed E-state index contributed by atoms with van der Waals surface area (Å²) in [7, 11) is 0. The summed E-state index contributed by atoms with van der Waals surface area (Å²) in [5, 5.41) is 0.776. The van der Waals surface area contributed by atoms with Gasteiger partial charge >= 0.3 is 0 Å². The number of nitrogens with two attached hydrogens (primary N) is 1. The van der Waals surface area contributed by atoms with E-state index in [4.69, 9.17) is 26.8 Å². The lowest BCUT2D eigenvalue weighted by Crippen LogP contribution is -2.49. The number of ether oxygens (including phenoxy) is 2. The second-order valence-corrected chi connectivity index (χ2v) is 6.60. The van der Waals surface area contributed by atoms with E-state index >= 15 is 0 Å². The predicted octanol–water partition coefficient (Wildman–Crippen LogP) is 3.49. The lowest BCUT2D eigenvalue weighted by atomic mass is 9.87. The first-order valence-electron chi connectivity index (χ1n) is 7.98. The Kier molecular flexibility index (Phi) is 4.43. The molecule has 1 aliphatic carbocycles. The highest BCUT2D eigenvalue weighted by atomic mass is 35.5. The number of benzene rings is 1. The summed E-state index contributed by atoms with van der Waals surface area (Å²) in [5.74, 6) is 1.000. The zero-order chi connectivity index (χ0) is 14.9. The van der Waals surface area contributed by atoms with Gasteiger partial charge in [0.25, 0.3) is 0 Å². The van der Waals surface area contributed by atoms with Crippen LogP contribution in [0, 0.1) is 0 Å². The summed E-state index contributed by atoms with van der Waals surface area (Å²) in [6.45, 7) is 3.51. The number of fused-ring (bicyclic) bond motifs is 1. The normalized spacial score (nSPS) is 21.1. The molecule has 0 spiro atoms. The van der Waals surface area contributed by atoms with Crippen LogP contribution in [0.1, 0.15) is 43.7 Å². The minimum absolute atomic E-state index is 0.00767. The van der Waals surface area contributed by atoms with Gasteiger partial charge in [0.2, 0.25) is 0 Å². The number of halogens is 1. The monoisotopic (exact) mass is 309 g/mol. The molecular weight excluding hydrogens is 286 g/mol. The molecule has 1 heterocycles. The Balaban J connectivity index is 1.83. The predicted molar refractivity (Wildman–Crippen MR) is 85.2 cm³/mol. The van der Waals surface area contributed by atoms with E-state index < -0.39 is 0 Å². The fourth-order valence-electron chi connectivity index (χ4n) is 3.80. The fraction of sp³-hybridized carbons (Fsp3) is 0.647. The Bertz CT molecular complexity index is 512. The van der Waals surface area contributed by atoms with Crippen LogP contribution in [-0.4, -0.2) is 24.9 Å². The maximum atomic E-state index is 6.55. The molecular formula is C17H24ClNO2. The first-order chi connectivity index (χ1) is 10.1. The number of rotatable bonds is 5. The zero-order valence-electron chi connectivity index (χ0n) is 12.7. The highest BCUT2D eigenvalue weighted by molar-refractivity contribution is 6.30. The minimum atomic E-state index is -0.164. The second kappa shape index (κ2) is 6.15. The molecule has 0 saturated heterocycles. The van der Waals surface area contributed by atoms with Crippen LogP contribution in [0.2, 0.25) is 5.02 Å². The van der Waals surface area contributed by atoms with Crippen molar-refractivity contribution in [1.82, 2.24) is 0 Å². The van der Waals surface area contributed by atoms with Crippen molar-refractivity contribution in [2.24, 2.45) is 5.73 Å². The third kappa shape index (κ3) is 2.92. The van der Waals surface area contributed by atoms with Gasteiger partial charge in [-0.05, 0) is 49.4 Å². The molecule has 1 aromatic rings. The smallest absolute Gasteiger partial charge is 0.125 e. The Morgan fingerprint density at radius 1 is 1.38 bits per heavy atom. The molecule has 1 saturated carbocycles. The van der Waals surface area contributed by atoms with E-state index in [1.165, 1.54) is 18.4 Å². The van der Waals surface area contributed by atoms with Crippen molar-refractivity contribution in [3.63, 3.8) is 0 Å². The maximum Gasteiger partial charge on any atom is 0.125 e. The van der Waals surface area contributed by atoms with Crippen molar-refractivity contribution in [1.29, 1.82) is 0 Å². The molecule has 2 N–H and O–H groups in total. The van der Waals surface area contributed by atoms with Gasteiger partial charge in [0.05, 0.1) is 12.2 Å². The fourth-order valence-corrected chi connectivity index (χ4v) is 4.07. The molecule has 116 valence electrons. The third-order valence-corrected chi connectivity index (χ3v) is 5.04. The van der Waals surface area contributed by atoms with Gasteiger partial charge in [0.1, 0.15) is 5.75 Å². The molecule has 0 amide bonds. The molecule has 4 heteroatoms. The molecule has 1 unspecified atom stereocenters. The number of hydrogen-bond donors (Lipinski definition) is 1. The molecule has 1 aromatic carbocycles. The lowest BCUT2D eigenvalue weighted by molar-refractivity contribution is -0.0525. The summed E-state index contributed by atoms with van der Waals surface area (Å²) in [5.41, 5.74) is 8.73. The Labute approximate surface area is 131 Å². The van der Waals surface area contributed by atoms with Crippen LogP contribution in [0.4, 0.5) is 0 Å². The van der Waals surface area contributed by atoms with Gasteiger partial charge in [-0.3, -0.25) is 0 Å². The largest absolute Gasteiger partial charge is 0.493 e. The van der Waals surface area contributed by atoms with E-state index in [-0.39, 0.29) is 11.6 Å². The molecule has 3 rings (SSSR count). The Hall–Kier alpha value is -0.770. The first-order valence-corrected chi connectivity index (χ1v) is 8.36. The van der Waals surface area contributed by atoms with Crippen molar-refractivity contribution in [3.05, 3.63) is 28.3 Å². The van der Waals surface area contributed by atoms with Crippen LogP contribution in [-0.2, 0) is 17.6 Å². The molecule has 0 aromatic heterocycles. The standard InChI is InChI=1S/C17H24ClNO2/c1-2-21-17(6-3-4-7-17)15(19)11-13-10-14(18)9-12-5-8-20-16(12)13/h9-10,15H,2-8,11,19H2,1H3. The van der Waals surface area contributed by atoms with E-state index in [0.29, 0.717) is 0 Å². The zero-order valence-corrected chi connectivity index (χ0v) is 13.4. The van der Waals surface area contributed by atoms with Crippen molar-refractivity contribution >= 4 is 11.6 Å². The van der Waals surface area contributed by atoms with E-state index in [9.17, 15) is 0 Å². The summed E-state index contributed by atoms with van der Waals surface area (Å²) < 4.78 is 11.9. The van der Waals surface area contributed by atoms with E-state index in [1.54, 1.807) is 0 Å². The number of hydrogen-bond acceptors (Lipinski definition) is 3. The average molecular weight is 310 g/mol. The SMILES string of the molecule is CCOC1(C(N)Cc2cc(Cl)cc3c2OCC3)CCCC1. The summed E-state index contributed by atoms with van der Waals surface area (Å²) in [6.07, 6.45) is 6.24. The van der Waals surface area contributed by atoms with Crippen molar-refractivity contribution in [3.8, 4) is 5.75 Å². The van der Waals surface area contributed by atoms with Crippen molar-refractivity contribution in [2.45, 2.75) is 57.1 Å². The quantitative estimate of drug-likeness (QED) is 0.905. The lowest BCUT2D eigenvalue weighted by Gasteiger charge is -2.35. The highest BCUT2D eigenvalue weighted by Crippen LogP contribution is 2.39. The van der Waals surface area contributed by atoms with Gasteiger partial charge in [-0.15, -0.1) is 0 Å². The Morgan fingerprint density at radius 2 is 2.14 bits per heavy atom. The van der Waals surface area contributed by atoms with Gasteiger partial charge in [0, 0.05) is 24.1 Å². The van der Waals surface area contributed by atoms with Gasteiger partial charge in [-0.25, -0.2) is 0 Å². The van der Waals surface area contributed by atoms with Crippen molar-refractivity contribution < 1.29 is 9.47 Å². The van der Waals surface area contributed by atoms with Crippen LogP contribution in [0.15, 0.2) is 12.1 Å².